The lowest BCUT2D eigenvalue weighted by Gasteiger charge is -2.27. The van der Waals surface area contributed by atoms with Gasteiger partial charge in [-0.3, -0.25) is 0 Å². The topological polar surface area (TPSA) is 72.2 Å². The highest BCUT2D eigenvalue weighted by Crippen LogP contribution is 2.24. The predicted octanol–water partition coefficient (Wildman–Crippen LogP) is 2.43. The molecule has 6 heteroatoms. The number of halogens is 1. The van der Waals surface area contributed by atoms with Crippen LogP contribution in [-0.2, 0) is 10.0 Å². The van der Waals surface area contributed by atoms with Gasteiger partial charge in [-0.1, -0.05) is 20.8 Å². The highest BCUT2D eigenvalue weighted by atomic mass is 32.2. The van der Waals surface area contributed by atoms with E-state index < -0.39 is 15.8 Å². The minimum atomic E-state index is -3.77. The molecule has 0 aliphatic carbocycles. The Kier molecular flexibility index (Phi) is 4.27. The first-order chi connectivity index (χ1) is 8.45. The van der Waals surface area contributed by atoms with Crippen molar-refractivity contribution in [1.29, 1.82) is 0 Å². The minimum Gasteiger partial charge on any atom is -0.398 e. The van der Waals surface area contributed by atoms with E-state index in [0.717, 1.165) is 6.07 Å². The van der Waals surface area contributed by atoms with Gasteiger partial charge in [0.25, 0.3) is 0 Å². The summed E-state index contributed by atoms with van der Waals surface area (Å²) in [5, 5.41) is 0. The van der Waals surface area contributed by atoms with Gasteiger partial charge in [0.15, 0.2) is 0 Å². The fraction of sp³-hybridized carbons (Fsp3) is 0.538. The molecule has 0 radical (unpaired) electrons. The number of rotatable bonds is 3. The Bertz CT molecular complexity index is 554. The van der Waals surface area contributed by atoms with Gasteiger partial charge in [-0.2, -0.15) is 0 Å². The molecule has 1 rings (SSSR count). The van der Waals surface area contributed by atoms with E-state index in [1.54, 1.807) is 6.92 Å². The molecule has 4 nitrogen and oxygen atoms in total. The van der Waals surface area contributed by atoms with E-state index >= 15 is 0 Å². The van der Waals surface area contributed by atoms with E-state index in [2.05, 4.69) is 4.72 Å². The van der Waals surface area contributed by atoms with Crippen LogP contribution in [0.25, 0.3) is 0 Å². The zero-order valence-electron chi connectivity index (χ0n) is 11.9. The lowest BCUT2D eigenvalue weighted by Crippen LogP contribution is -2.41. The van der Waals surface area contributed by atoms with Gasteiger partial charge in [0.2, 0.25) is 10.0 Å². The van der Waals surface area contributed by atoms with Crippen LogP contribution in [0.4, 0.5) is 10.1 Å². The molecule has 0 spiro atoms. The number of nitrogens with two attached hydrogens (primary N) is 1. The summed E-state index contributed by atoms with van der Waals surface area (Å²) in [6.45, 7) is 9.04. The predicted molar refractivity (Wildman–Crippen MR) is 74.8 cm³/mol. The first-order valence-corrected chi connectivity index (χ1v) is 7.51. The van der Waals surface area contributed by atoms with Crippen molar-refractivity contribution in [2.75, 3.05) is 5.73 Å². The van der Waals surface area contributed by atoms with Crippen LogP contribution in [0.3, 0.4) is 0 Å². The molecule has 0 heterocycles. The SMILES string of the molecule is Cc1c(N)cc(S(=O)(=O)NC(C)C(C)(C)C)cc1F. The standard InChI is InChI=1S/C13H21FN2O2S/c1-8-11(14)6-10(7-12(8)15)19(17,18)16-9(2)13(3,4)5/h6-7,9,16H,15H2,1-5H3. The zero-order valence-corrected chi connectivity index (χ0v) is 12.7. The van der Waals surface area contributed by atoms with Crippen LogP contribution in [-0.4, -0.2) is 14.5 Å². The summed E-state index contributed by atoms with van der Waals surface area (Å²) in [6, 6.07) is 1.97. The normalized spacial score (nSPS) is 14.4. The molecule has 1 aromatic carbocycles. The maximum absolute atomic E-state index is 13.6. The second-order valence-corrected chi connectivity index (χ2v) is 7.54. The van der Waals surface area contributed by atoms with Crippen LogP contribution in [0.2, 0.25) is 0 Å². The lowest BCUT2D eigenvalue weighted by atomic mass is 9.89. The van der Waals surface area contributed by atoms with Gasteiger partial charge in [0.1, 0.15) is 5.82 Å². The first-order valence-electron chi connectivity index (χ1n) is 6.03. The van der Waals surface area contributed by atoms with Crippen molar-refractivity contribution in [3.05, 3.63) is 23.5 Å². The Morgan fingerprint density at radius 2 is 1.84 bits per heavy atom. The smallest absolute Gasteiger partial charge is 0.241 e. The van der Waals surface area contributed by atoms with Crippen LogP contribution in [0.1, 0.15) is 33.3 Å². The average molecular weight is 288 g/mol. The molecule has 0 aromatic heterocycles. The Labute approximate surface area is 114 Å². The van der Waals surface area contributed by atoms with Crippen molar-refractivity contribution in [3.8, 4) is 0 Å². The summed E-state index contributed by atoms with van der Waals surface area (Å²) in [5.41, 5.74) is 5.75. The maximum Gasteiger partial charge on any atom is 0.241 e. The number of hydrogen-bond acceptors (Lipinski definition) is 3. The van der Waals surface area contributed by atoms with E-state index in [4.69, 9.17) is 5.73 Å². The molecule has 0 aliphatic rings. The first kappa shape index (κ1) is 15.9. The number of hydrogen-bond donors (Lipinski definition) is 2. The van der Waals surface area contributed by atoms with Crippen LogP contribution in [0.15, 0.2) is 17.0 Å². The monoisotopic (exact) mass is 288 g/mol. The summed E-state index contributed by atoms with van der Waals surface area (Å²) < 4.78 is 40.4. The highest BCUT2D eigenvalue weighted by molar-refractivity contribution is 7.89. The van der Waals surface area contributed by atoms with Gasteiger partial charge in [0, 0.05) is 17.3 Å². The van der Waals surface area contributed by atoms with Crippen LogP contribution < -0.4 is 10.5 Å². The van der Waals surface area contributed by atoms with Crippen molar-refractivity contribution in [3.63, 3.8) is 0 Å². The van der Waals surface area contributed by atoms with E-state index in [0.29, 0.717) is 0 Å². The molecule has 108 valence electrons. The molecule has 0 amide bonds. The third-order valence-corrected chi connectivity index (χ3v) is 4.82. The van der Waals surface area contributed by atoms with Gasteiger partial charge in [-0.25, -0.2) is 17.5 Å². The summed E-state index contributed by atoms with van der Waals surface area (Å²) in [4.78, 5) is -0.149. The van der Waals surface area contributed by atoms with E-state index in [-0.39, 0.29) is 27.6 Å². The van der Waals surface area contributed by atoms with Crippen molar-refractivity contribution >= 4 is 15.7 Å². The summed E-state index contributed by atoms with van der Waals surface area (Å²) in [6.07, 6.45) is 0. The Morgan fingerprint density at radius 3 is 2.26 bits per heavy atom. The Hall–Kier alpha value is -1.14. The third kappa shape index (κ3) is 3.67. The van der Waals surface area contributed by atoms with Crippen LogP contribution in [0, 0.1) is 18.2 Å². The minimum absolute atomic E-state index is 0.129. The Balaban J connectivity index is 3.15. The fourth-order valence-corrected chi connectivity index (χ4v) is 2.80. The van der Waals surface area contributed by atoms with Gasteiger partial charge in [-0.05, 0) is 31.4 Å². The molecule has 0 fully saturated rings. The molecule has 0 saturated carbocycles. The molecule has 1 unspecified atom stereocenters. The molecular formula is C13H21FN2O2S. The largest absolute Gasteiger partial charge is 0.398 e. The molecule has 0 aliphatic heterocycles. The molecule has 3 N–H and O–H groups in total. The van der Waals surface area contributed by atoms with Crippen molar-refractivity contribution in [1.82, 2.24) is 4.72 Å². The van der Waals surface area contributed by atoms with Gasteiger partial charge >= 0.3 is 0 Å². The number of benzene rings is 1. The fourth-order valence-electron chi connectivity index (χ4n) is 1.31. The molecule has 0 saturated heterocycles. The molecule has 19 heavy (non-hydrogen) atoms. The summed E-state index contributed by atoms with van der Waals surface area (Å²) >= 11 is 0. The third-order valence-electron chi connectivity index (χ3n) is 3.30. The molecule has 1 atom stereocenters. The van der Waals surface area contributed by atoms with Crippen LogP contribution >= 0.6 is 0 Å². The quantitative estimate of drug-likeness (QED) is 0.839. The maximum atomic E-state index is 13.6. The number of sulfonamides is 1. The summed E-state index contributed by atoms with van der Waals surface area (Å²) in [7, 11) is -3.77. The highest BCUT2D eigenvalue weighted by Gasteiger charge is 2.26. The number of anilines is 1. The average Bonchev–Trinajstić information content (AvgIpc) is 2.23. The molecular weight excluding hydrogens is 267 g/mol. The van der Waals surface area contributed by atoms with E-state index in [1.807, 2.05) is 20.8 Å². The van der Waals surface area contributed by atoms with Gasteiger partial charge in [-0.15, -0.1) is 0 Å². The van der Waals surface area contributed by atoms with E-state index in [9.17, 15) is 12.8 Å². The second kappa shape index (κ2) is 5.09. The van der Waals surface area contributed by atoms with Gasteiger partial charge in [0.05, 0.1) is 4.90 Å². The summed E-state index contributed by atoms with van der Waals surface area (Å²) in [5.74, 6) is -0.621. The number of nitrogens with one attached hydrogen (secondary N) is 1. The molecule has 0 bridgehead atoms. The second-order valence-electron chi connectivity index (χ2n) is 5.83. The van der Waals surface area contributed by atoms with E-state index in [1.165, 1.54) is 13.0 Å². The van der Waals surface area contributed by atoms with Gasteiger partial charge < -0.3 is 5.73 Å². The van der Waals surface area contributed by atoms with Crippen molar-refractivity contribution in [2.24, 2.45) is 5.41 Å². The van der Waals surface area contributed by atoms with Crippen LogP contribution in [0.5, 0.6) is 0 Å². The molecule has 1 aromatic rings. The van der Waals surface area contributed by atoms with Crippen molar-refractivity contribution in [2.45, 2.75) is 45.6 Å². The zero-order chi connectivity index (χ0) is 15.0. The lowest BCUT2D eigenvalue weighted by molar-refractivity contribution is 0.317. The number of nitrogen functional groups attached to an aromatic ring is 1. The Morgan fingerprint density at radius 1 is 1.32 bits per heavy atom. The van der Waals surface area contributed by atoms with Crippen molar-refractivity contribution < 1.29 is 12.8 Å².